The molecular formula is C14H22N2O. The lowest BCUT2D eigenvalue weighted by atomic mass is 10.2. The molecule has 0 saturated carbocycles. The van der Waals surface area contributed by atoms with Crippen LogP contribution < -0.4 is 10.2 Å². The second-order valence-corrected chi connectivity index (χ2v) is 4.06. The SMILES string of the molecule is CCCCNc1ccccc1N(CC)C(C)=O. The van der Waals surface area contributed by atoms with Crippen molar-refractivity contribution in [3.8, 4) is 0 Å². The van der Waals surface area contributed by atoms with Crippen molar-refractivity contribution in [1.29, 1.82) is 0 Å². The van der Waals surface area contributed by atoms with Gasteiger partial charge in [0.1, 0.15) is 0 Å². The summed E-state index contributed by atoms with van der Waals surface area (Å²) in [6, 6.07) is 7.97. The predicted molar refractivity (Wildman–Crippen MR) is 73.5 cm³/mol. The molecule has 0 bridgehead atoms. The number of amides is 1. The molecule has 0 fully saturated rings. The van der Waals surface area contributed by atoms with Gasteiger partial charge in [-0.05, 0) is 25.5 Å². The van der Waals surface area contributed by atoms with Crippen molar-refractivity contribution in [1.82, 2.24) is 0 Å². The van der Waals surface area contributed by atoms with Crippen LogP contribution in [0.5, 0.6) is 0 Å². The van der Waals surface area contributed by atoms with Crippen LogP contribution in [0.25, 0.3) is 0 Å². The summed E-state index contributed by atoms with van der Waals surface area (Å²) in [5, 5.41) is 3.39. The summed E-state index contributed by atoms with van der Waals surface area (Å²) in [6.07, 6.45) is 2.31. The first-order valence-corrected chi connectivity index (χ1v) is 6.31. The van der Waals surface area contributed by atoms with Crippen LogP contribution in [-0.4, -0.2) is 19.0 Å². The van der Waals surface area contributed by atoms with E-state index in [-0.39, 0.29) is 5.91 Å². The molecule has 0 unspecified atom stereocenters. The Labute approximate surface area is 104 Å². The van der Waals surface area contributed by atoms with E-state index in [0.717, 1.165) is 24.3 Å². The van der Waals surface area contributed by atoms with E-state index in [9.17, 15) is 4.79 Å². The van der Waals surface area contributed by atoms with Gasteiger partial charge in [0.15, 0.2) is 0 Å². The Morgan fingerprint density at radius 1 is 1.29 bits per heavy atom. The summed E-state index contributed by atoms with van der Waals surface area (Å²) < 4.78 is 0. The molecule has 1 aromatic carbocycles. The first-order chi connectivity index (χ1) is 8.20. The number of nitrogens with zero attached hydrogens (tertiary/aromatic N) is 1. The van der Waals surface area contributed by atoms with Gasteiger partial charge in [-0.2, -0.15) is 0 Å². The molecule has 0 atom stereocenters. The van der Waals surface area contributed by atoms with Gasteiger partial charge in [-0.3, -0.25) is 4.79 Å². The van der Waals surface area contributed by atoms with Crippen molar-refractivity contribution >= 4 is 17.3 Å². The lowest BCUT2D eigenvalue weighted by Gasteiger charge is -2.22. The third kappa shape index (κ3) is 3.77. The van der Waals surface area contributed by atoms with E-state index in [1.54, 1.807) is 11.8 Å². The Morgan fingerprint density at radius 2 is 2.00 bits per heavy atom. The lowest BCUT2D eigenvalue weighted by molar-refractivity contribution is -0.116. The number of nitrogens with one attached hydrogen (secondary N) is 1. The topological polar surface area (TPSA) is 32.3 Å². The van der Waals surface area contributed by atoms with Crippen molar-refractivity contribution in [2.45, 2.75) is 33.6 Å². The first-order valence-electron chi connectivity index (χ1n) is 6.31. The highest BCUT2D eigenvalue weighted by Gasteiger charge is 2.12. The van der Waals surface area contributed by atoms with Gasteiger partial charge in [-0.1, -0.05) is 25.5 Å². The van der Waals surface area contributed by atoms with Crippen molar-refractivity contribution < 1.29 is 4.79 Å². The molecule has 1 rings (SSSR count). The molecule has 1 aromatic rings. The number of rotatable bonds is 6. The lowest BCUT2D eigenvalue weighted by Crippen LogP contribution is -2.28. The van der Waals surface area contributed by atoms with Crippen LogP contribution in [0.15, 0.2) is 24.3 Å². The highest BCUT2D eigenvalue weighted by Crippen LogP contribution is 2.25. The van der Waals surface area contributed by atoms with Crippen molar-refractivity contribution in [2.24, 2.45) is 0 Å². The van der Waals surface area contributed by atoms with Crippen LogP contribution >= 0.6 is 0 Å². The van der Waals surface area contributed by atoms with Gasteiger partial charge in [0.2, 0.25) is 5.91 Å². The van der Waals surface area contributed by atoms with Crippen LogP contribution in [0.2, 0.25) is 0 Å². The van der Waals surface area contributed by atoms with E-state index in [1.807, 2.05) is 31.2 Å². The summed E-state index contributed by atoms with van der Waals surface area (Å²) in [7, 11) is 0. The normalized spacial score (nSPS) is 10.1. The molecule has 0 heterocycles. The van der Waals surface area contributed by atoms with Crippen molar-refractivity contribution in [3.63, 3.8) is 0 Å². The summed E-state index contributed by atoms with van der Waals surface area (Å²) in [4.78, 5) is 13.3. The minimum absolute atomic E-state index is 0.0808. The number of benzene rings is 1. The molecule has 0 spiro atoms. The Kier molecular flexibility index (Phi) is 5.53. The fourth-order valence-electron chi connectivity index (χ4n) is 1.82. The van der Waals surface area contributed by atoms with E-state index >= 15 is 0 Å². The molecule has 0 aliphatic carbocycles. The van der Waals surface area contributed by atoms with Crippen LogP contribution in [0.1, 0.15) is 33.6 Å². The molecular weight excluding hydrogens is 212 g/mol. The zero-order valence-corrected chi connectivity index (χ0v) is 11.0. The number of para-hydroxylation sites is 2. The van der Waals surface area contributed by atoms with Crippen LogP contribution in [0, 0.1) is 0 Å². The minimum Gasteiger partial charge on any atom is -0.383 e. The molecule has 1 N–H and O–H groups in total. The monoisotopic (exact) mass is 234 g/mol. The standard InChI is InChI=1S/C14H22N2O/c1-4-6-11-15-13-9-7-8-10-14(13)16(5-2)12(3)17/h7-10,15H,4-6,11H2,1-3H3. The molecule has 0 radical (unpaired) electrons. The van der Waals surface area contributed by atoms with E-state index in [2.05, 4.69) is 12.2 Å². The van der Waals surface area contributed by atoms with Gasteiger partial charge in [0.25, 0.3) is 0 Å². The van der Waals surface area contributed by atoms with Crippen molar-refractivity contribution in [2.75, 3.05) is 23.3 Å². The zero-order valence-electron chi connectivity index (χ0n) is 11.0. The molecule has 0 saturated heterocycles. The van der Waals surface area contributed by atoms with Gasteiger partial charge >= 0.3 is 0 Å². The first kappa shape index (κ1) is 13.6. The quantitative estimate of drug-likeness (QED) is 0.766. The Balaban J connectivity index is 2.86. The highest BCUT2D eigenvalue weighted by molar-refractivity contribution is 5.95. The molecule has 3 heteroatoms. The van der Waals surface area contributed by atoms with Gasteiger partial charge in [0.05, 0.1) is 11.4 Å². The third-order valence-electron chi connectivity index (χ3n) is 2.74. The molecule has 94 valence electrons. The van der Waals surface area contributed by atoms with Gasteiger partial charge in [0, 0.05) is 20.0 Å². The zero-order chi connectivity index (χ0) is 12.7. The molecule has 0 aliphatic rings. The molecule has 17 heavy (non-hydrogen) atoms. The van der Waals surface area contributed by atoms with Crippen LogP contribution in [-0.2, 0) is 4.79 Å². The summed E-state index contributed by atoms with van der Waals surface area (Å²) in [6.45, 7) is 7.41. The number of unbranched alkanes of at least 4 members (excludes halogenated alkanes) is 1. The summed E-state index contributed by atoms with van der Waals surface area (Å²) >= 11 is 0. The smallest absolute Gasteiger partial charge is 0.223 e. The largest absolute Gasteiger partial charge is 0.383 e. The second kappa shape index (κ2) is 6.94. The Bertz CT molecular complexity index is 363. The maximum absolute atomic E-state index is 11.6. The number of anilines is 2. The van der Waals surface area contributed by atoms with Crippen LogP contribution in [0.3, 0.4) is 0 Å². The maximum Gasteiger partial charge on any atom is 0.223 e. The number of carbonyl (C=O) groups is 1. The van der Waals surface area contributed by atoms with E-state index < -0.39 is 0 Å². The minimum atomic E-state index is 0.0808. The second-order valence-electron chi connectivity index (χ2n) is 4.06. The number of hydrogen-bond donors (Lipinski definition) is 1. The van der Waals surface area contributed by atoms with Gasteiger partial charge in [-0.25, -0.2) is 0 Å². The summed E-state index contributed by atoms with van der Waals surface area (Å²) in [5.41, 5.74) is 2.01. The average Bonchev–Trinajstić information content (AvgIpc) is 2.32. The predicted octanol–water partition coefficient (Wildman–Crippen LogP) is 3.27. The van der Waals surface area contributed by atoms with Gasteiger partial charge in [-0.15, -0.1) is 0 Å². The van der Waals surface area contributed by atoms with E-state index in [0.29, 0.717) is 6.54 Å². The molecule has 0 aromatic heterocycles. The highest BCUT2D eigenvalue weighted by atomic mass is 16.2. The van der Waals surface area contributed by atoms with Gasteiger partial charge < -0.3 is 10.2 Å². The fourth-order valence-corrected chi connectivity index (χ4v) is 1.82. The van der Waals surface area contributed by atoms with E-state index in [4.69, 9.17) is 0 Å². The third-order valence-corrected chi connectivity index (χ3v) is 2.74. The summed E-state index contributed by atoms with van der Waals surface area (Å²) in [5.74, 6) is 0.0808. The van der Waals surface area contributed by atoms with Crippen molar-refractivity contribution in [3.05, 3.63) is 24.3 Å². The molecule has 0 aliphatic heterocycles. The number of carbonyl (C=O) groups excluding carboxylic acids is 1. The van der Waals surface area contributed by atoms with Crippen LogP contribution in [0.4, 0.5) is 11.4 Å². The molecule has 3 nitrogen and oxygen atoms in total. The Hall–Kier alpha value is -1.51. The van der Waals surface area contributed by atoms with E-state index in [1.165, 1.54) is 6.42 Å². The maximum atomic E-state index is 11.6. The molecule has 1 amide bonds. The Morgan fingerprint density at radius 3 is 2.59 bits per heavy atom. The average molecular weight is 234 g/mol. The number of hydrogen-bond acceptors (Lipinski definition) is 2. The fraction of sp³-hybridized carbons (Fsp3) is 0.500.